The fourth-order valence-electron chi connectivity index (χ4n) is 2.43. The molecule has 1 aliphatic rings. The van der Waals surface area contributed by atoms with E-state index in [0.29, 0.717) is 13.2 Å². The summed E-state index contributed by atoms with van der Waals surface area (Å²) in [5.74, 6) is -0.155. The van der Waals surface area contributed by atoms with Crippen molar-refractivity contribution in [2.75, 3.05) is 18.5 Å². The van der Waals surface area contributed by atoms with Gasteiger partial charge in [0.15, 0.2) is 0 Å². The lowest BCUT2D eigenvalue weighted by Gasteiger charge is -2.40. The largest absolute Gasteiger partial charge is 0.370 e. The number of anilines is 1. The Kier molecular flexibility index (Phi) is 4.88. The van der Waals surface area contributed by atoms with Crippen molar-refractivity contribution >= 4 is 24.0 Å². The van der Waals surface area contributed by atoms with Crippen LogP contribution in [0.2, 0.25) is 0 Å². The third-order valence-electron chi connectivity index (χ3n) is 3.78. The van der Waals surface area contributed by atoms with Gasteiger partial charge < -0.3 is 14.4 Å². The first-order valence-corrected chi connectivity index (χ1v) is 10.4. The summed E-state index contributed by atoms with van der Waals surface area (Å²) in [7, 11) is 0. The van der Waals surface area contributed by atoms with Gasteiger partial charge in [-0.3, -0.25) is 0 Å². The molecule has 0 saturated carbocycles. The van der Waals surface area contributed by atoms with Crippen molar-refractivity contribution in [1.29, 1.82) is 0 Å². The highest BCUT2D eigenvalue weighted by atomic mass is 32.5. The van der Waals surface area contributed by atoms with Crippen molar-refractivity contribution in [3.8, 4) is 0 Å². The van der Waals surface area contributed by atoms with Gasteiger partial charge in [0.05, 0.1) is 13.2 Å². The number of hydrogen-bond donors (Lipinski definition) is 1. The summed E-state index contributed by atoms with van der Waals surface area (Å²) in [6.45, 7) is 3.06. The fourth-order valence-corrected chi connectivity index (χ4v) is 5.55. The molecule has 0 unspecified atom stereocenters. The van der Waals surface area contributed by atoms with Crippen LogP contribution < -0.4 is 5.32 Å². The maximum absolute atomic E-state index is 6.11. The van der Waals surface area contributed by atoms with E-state index in [-0.39, 0.29) is 11.2 Å². The molecule has 1 saturated heterocycles. The van der Waals surface area contributed by atoms with E-state index in [1.165, 1.54) is 0 Å². The van der Waals surface area contributed by atoms with Gasteiger partial charge >= 0.3 is 0 Å². The number of rotatable bonds is 4. The van der Waals surface area contributed by atoms with Gasteiger partial charge in [-0.2, -0.15) is 0 Å². The van der Waals surface area contributed by atoms with Crippen LogP contribution in [-0.4, -0.2) is 13.2 Å². The second-order valence-electron chi connectivity index (χ2n) is 6.57. The molecule has 2 aromatic rings. The van der Waals surface area contributed by atoms with E-state index in [4.69, 9.17) is 20.9 Å². The smallest absolute Gasteiger partial charge is 0.215 e. The quantitative estimate of drug-likeness (QED) is 0.772. The maximum atomic E-state index is 6.11. The topological polar surface area (TPSA) is 30.5 Å². The highest BCUT2D eigenvalue weighted by Crippen LogP contribution is 2.64. The highest BCUT2D eigenvalue weighted by Gasteiger charge is 2.39. The lowest BCUT2D eigenvalue weighted by atomic mass is 9.97. The Hall–Kier alpha value is -1.19. The van der Waals surface area contributed by atoms with Crippen LogP contribution in [0.15, 0.2) is 60.7 Å². The summed E-state index contributed by atoms with van der Waals surface area (Å²) in [4.78, 5) is 0. The molecule has 3 rings (SSSR count). The Labute approximate surface area is 143 Å². The van der Waals surface area contributed by atoms with Gasteiger partial charge in [0, 0.05) is 11.1 Å². The van der Waals surface area contributed by atoms with Crippen LogP contribution in [0.5, 0.6) is 0 Å². The van der Waals surface area contributed by atoms with Crippen LogP contribution in [0.1, 0.15) is 25.2 Å². The fraction of sp³-hybridized carbons (Fsp3) is 0.333. The van der Waals surface area contributed by atoms with Crippen molar-refractivity contribution in [3.05, 3.63) is 66.2 Å². The molecule has 2 aromatic carbocycles. The predicted molar refractivity (Wildman–Crippen MR) is 99.2 cm³/mol. The van der Waals surface area contributed by atoms with Crippen LogP contribution >= 0.6 is 6.49 Å². The molecule has 1 fully saturated rings. The number of nitrogens with one attached hydrogen (secondary N) is 1. The Morgan fingerprint density at radius 1 is 0.957 bits per heavy atom. The normalized spacial score (nSPS) is 20.6. The van der Waals surface area contributed by atoms with E-state index in [1.807, 2.05) is 48.5 Å². The minimum absolute atomic E-state index is 0.0102. The van der Waals surface area contributed by atoms with E-state index in [2.05, 4.69) is 31.3 Å². The number of hydrogen-bond acceptors (Lipinski definition) is 4. The van der Waals surface area contributed by atoms with Crippen molar-refractivity contribution in [1.82, 2.24) is 0 Å². The molecule has 5 heteroatoms. The molecule has 0 amide bonds. The third kappa shape index (κ3) is 4.02. The van der Waals surface area contributed by atoms with Gasteiger partial charge in [-0.25, -0.2) is 0 Å². The molecule has 0 radical (unpaired) electrons. The SMILES string of the molecule is CC1(C)COP(=S)([C@H](Nc2ccccc2)c2ccccc2)OC1. The molecule has 1 N–H and O–H groups in total. The Morgan fingerprint density at radius 3 is 2.04 bits per heavy atom. The first-order valence-electron chi connectivity index (χ1n) is 7.74. The lowest BCUT2D eigenvalue weighted by Crippen LogP contribution is -2.31. The van der Waals surface area contributed by atoms with Crippen LogP contribution in [0, 0.1) is 5.41 Å². The molecule has 122 valence electrons. The minimum Gasteiger partial charge on any atom is -0.370 e. The van der Waals surface area contributed by atoms with Crippen LogP contribution in [0.3, 0.4) is 0 Å². The maximum Gasteiger partial charge on any atom is 0.215 e. The zero-order valence-corrected chi connectivity index (χ0v) is 15.1. The number of para-hydroxylation sites is 1. The second-order valence-corrected chi connectivity index (χ2v) is 10.2. The first-order chi connectivity index (χ1) is 11.0. The lowest BCUT2D eigenvalue weighted by molar-refractivity contribution is 0.0579. The van der Waals surface area contributed by atoms with Gasteiger partial charge in [0.1, 0.15) is 5.78 Å². The molecule has 0 bridgehead atoms. The standard InChI is InChI=1S/C18H22NO2PS/c1-18(2)13-20-22(23,21-14-18)17(15-9-5-3-6-10-15)19-16-11-7-4-8-12-16/h3-12,17,19H,13-14H2,1-2H3/t17-/m0/s1. The van der Waals surface area contributed by atoms with Gasteiger partial charge in [-0.1, -0.05) is 62.4 Å². The Morgan fingerprint density at radius 2 is 1.48 bits per heavy atom. The summed E-state index contributed by atoms with van der Waals surface area (Å²) in [6.07, 6.45) is 0. The zero-order valence-electron chi connectivity index (χ0n) is 13.4. The molecule has 0 aliphatic carbocycles. The Balaban J connectivity index is 1.91. The van der Waals surface area contributed by atoms with Crippen molar-refractivity contribution < 1.29 is 9.05 Å². The molecule has 23 heavy (non-hydrogen) atoms. The summed E-state index contributed by atoms with van der Waals surface area (Å²) >= 11 is 5.86. The van der Waals surface area contributed by atoms with Crippen molar-refractivity contribution in [2.24, 2.45) is 5.41 Å². The van der Waals surface area contributed by atoms with Crippen molar-refractivity contribution in [2.45, 2.75) is 19.6 Å². The van der Waals surface area contributed by atoms with E-state index >= 15 is 0 Å². The van der Waals surface area contributed by atoms with E-state index in [1.54, 1.807) is 0 Å². The summed E-state index contributed by atoms with van der Waals surface area (Å²) < 4.78 is 12.2. The van der Waals surface area contributed by atoms with E-state index in [9.17, 15) is 0 Å². The third-order valence-corrected chi connectivity index (χ3v) is 7.08. The molecule has 1 aliphatic heterocycles. The molecular weight excluding hydrogens is 325 g/mol. The summed E-state index contributed by atoms with van der Waals surface area (Å²) in [6, 6.07) is 20.3. The average molecular weight is 347 g/mol. The summed E-state index contributed by atoms with van der Waals surface area (Å²) in [5, 5.41) is 3.53. The molecule has 1 atom stereocenters. The average Bonchev–Trinajstić information content (AvgIpc) is 2.57. The van der Waals surface area contributed by atoms with Crippen molar-refractivity contribution in [3.63, 3.8) is 0 Å². The summed E-state index contributed by atoms with van der Waals surface area (Å²) in [5.41, 5.74) is 2.12. The minimum atomic E-state index is -2.47. The first kappa shape index (κ1) is 16.7. The molecule has 1 heterocycles. The van der Waals surface area contributed by atoms with Gasteiger partial charge in [-0.15, -0.1) is 0 Å². The monoisotopic (exact) mass is 347 g/mol. The molecular formula is C18H22NO2PS. The van der Waals surface area contributed by atoms with Crippen LogP contribution in [-0.2, 0) is 20.9 Å². The zero-order chi connectivity index (χ0) is 16.3. The molecule has 0 aromatic heterocycles. The number of benzene rings is 2. The predicted octanol–water partition coefficient (Wildman–Crippen LogP) is 5.18. The van der Waals surface area contributed by atoms with Gasteiger partial charge in [0.2, 0.25) is 6.49 Å². The van der Waals surface area contributed by atoms with Crippen LogP contribution in [0.25, 0.3) is 0 Å². The van der Waals surface area contributed by atoms with E-state index in [0.717, 1.165) is 11.3 Å². The van der Waals surface area contributed by atoms with E-state index < -0.39 is 6.49 Å². The Bertz CT molecular complexity index is 677. The van der Waals surface area contributed by atoms with Crippen LogP contribution in [0.4, 0.5) is 5.69 Å². The molecule has 0 spiro atoms. The highest BCUT2D eigenvalue weighted by molar-refractivity contribution is 8.10. The molecule has 3 nitrogen and oxygen atoms in total. The van der Waals surface area contributed by atoms with Gasteiger partial charge in [0.25, 0.3) is 0 Å². The van der Waals surface area contributed by atoms with Gasteiger partial charge in [-0.05, 0) is 29.5 Å². The second kappa shape index (κ2) is 6.74.